The maximum atomic E-state index is 12.2. The Labute approximate surface area is 55.4 Å². The fraction of sp³-hybridized carbons (Fsp3) is 0.600. The number of hydrogen-bond donors (Lipinski definition) is 1. The smallest absolute Gasteiger partial charge is 0.265 e. The van der Waals surface area contributed by atoms with Crippen molar-refractivity contribution in [2.75, 3.05) is 0 Å². The minimum atomic E-state index is -3.14. The molecule has 0 radical (unpaired) electrons. The molecule has 1 rings (SSSR count). The normalized spacial score (nSPS) is 24.2. The van der Waals surface area contributed by atoms with Crippen molar-refractivity contribution in [1.82, 2.24) is 5.32 Å². The third kappa shape index (κ3) is 1.49. The second-order valence-corrected chi connectivity index (χ2v) is 2.18. The molecule has 1 aliphatic heterocycles. The van der Waals surface area contributed by atoms with E-state index in [1.807, 2.05) is 0 Å². The minimum absolute atomic E-state index is 0.876. The van der Waals surface area contributed by atoms with Crippen LogP contribution in [0, 0.1) is 0 Å². The van der Waals surface area contributed by atoms with Crippen molar-refractivity contribution >= 4 is 11.8 Å². The molecule has 0 atom stereocenters. The van der Waals surface area contributed by atoms with Crippen molar-refractivity contribution in [2.24, 2.45) is 0 Å². The van der Waals surface area contributed by atoms with Gasteiger partial charge in [0.25, 0.3) is 5.92 Å². The second kappa shape index (κ2) is 2.00. The molecule has 1 aliphatic rings. The monoisotopic (exact) mass is 149 g/mol. The van der Waals surface area contributed by atoms with E-state index in [0.717, 1.165) is 0 Å². The molecule has 3 nitrogen and oxygen atoms in total. The molecule has 1 N–H and O–H groups in total. The third-order valence-electron chi connectivity index (χ3n) is 1.12. The molecule has 1 fully saturated rings. The summed E-state index contributed by atoms with van der Waals surface area (Å²) >= 11 is 0. The van der Waals surface area contributed by atoms with Crippen LogP contribution in [-0.4, -0.2) is 17.7 Å². The van der Waals surface area contributed by atoms with Crippen LogP contribution in [0.2, 0.25) is 0 Å². The molecule has 1 heterocycles. The van der Waals surface area contributed by atoms with Gasteiger partial charge in [-0.2, -0.15) is 0 Å². The minimum Gasteiger partial charge on any atom is -0.296 e. The highest BCUT2D eigenvalue weighted by Gasteiger charge is 2.39. The van der Waals surface area contributed by atoms with Crippen LogP contribution < -0.4 is 5.32 Å². The van der Waals surface area contributed by atoms with Gasteiger partial charge in [-0.1, -0.05) is 0 Å². The molecule has 0 aromatic carbocycles. The first kappa shape index (κ1) is 7.11. The molecule has 0 aromatic heterocycles. The summed E-state index contributed by atoms with van der Waals surface area (Å²) in [6.45, 7) is 0. The molecule has 56 valence electrons. The van der Waals surface area contributed by atoms with Crippen LogP contribution >= 0.6 is 0 Å². The van der Waals surface area contributed by atoms with Gasteiger partial charge in [0, 0.05) is 0 Å². The Balaban J connectivity index is 2.68. The van der Waals surface area contributed by atoms with Gasteiger partial charge in [-0.3, -0.25) is 14.9 Å². The first-order valence-electron chi connectivity index (χ1n) is 2.70. The van der Waals surface area contributed by atoms with E-state index in [-0.39, 0.29) is 0 Å². The zero-order chi connectivity index (χ0) is 7.78. The number of imide groups is 1. The number of amides is 2. The first-order chi connectivity index (χ1) is 4.49. The summed E-state index contributed by atoms with van der Waals surface area (Å²) in [6, 6.07) is 0. The Bertz CT molecular complexity index is 172. The Morgan fingerprint density at radius 3 is 1.90 bits per heavy atom. The predicted molar refractivity (Wildman–Crippen MR) is 27.3 cm³/mol. The average molecular weight is 149 g/mol. The summed E-state index contributed by atoms with van der Waals surface area (Å²) in [4.78, 5) is 20.6. The molecule has 2 amide bonds. The van der Waals surface area contributed by atoms with Crippen LogP contribution in [0.4, 0.5) is 8.78 Å². The molecule has 0 spiro atoms. The van der Waals surface area contributed by atoms with Gasteiger partial charge in [-0.15, -0.1) is 0 Å². The van der Waals surface area contributed by atoms with E-state index in [4.69, 9.17) is 0 Å². The zero-order valence-corrected chi connectivity index (χ0v) is 4.99. The summed E-state index contributed by atoms with van der Waals surface area (Å²) in [5, 5.41) is 1.78. The van der Waals surface area contributed by atoms with Gasteiger partial charge >= 0.3 is 0 Å². The molecule has 0 unspecified atom stereocenters. The van der Waals surface area contributed by atoms with Crippen molar-refractivity contribution < 1.29 is 18.4 Å². The quantitative estimate of drug-likeness (QED) is 0.495. The molecular weight excluding hydrogens is 144 g/mol. The summed E-state index contributed by atoms with van der Waals surface area (Å²) in [6.07, 6.45) is -1.75. The molecule has 10 heavy (non-hydrogen) atoms. The molecule has 0 saturated carbocycles. The van der Waals surface area contributed by atoms with E-state index in [1.165, 1.54) is 0 Å². The molecular formula is C5H5F2NO2. The SMILES string of the molecule is O=C1CC(F)(F)CC(=O)N1. The topological polar surface area (TPSA) is 46.2 Å². The van der Waals surface area contributed by atoms with Crippen LogP contribution in [0.15, 0.2) is 0 Å². The summed E-state index contributed by atoms with van der Waals surface area (Å²) < 4.78 is 24.4. The summed E-state index contributed by atoms with van der Waals surface area (Å²) in [5.74, 6) is -4.94. The molecule has 0 bridgehead atoms. The number of hydrogen-bond acceptors (Lipinski definition) is 2. The number of nitrogens with one attached hydrogen (secondary N) is 1. The van der Waals surface area contributed by atoms with E-state index in [9.17, 15) is 18.4 Å². The Hall–Kier alpha value is -1.00. The Morgan fingerprint density at radius 2 is 1.60 bits per heavy atom. The van der Waals surface area contributed by atoms with Gasteiger partial charge in [0.1, 0.15) is 0 Å². The fourth-order valence-electron chi connectivity index (χ4n) is 0.776. The number of rotatable bonds is 0. The fourth-order valence-corrected chi connectivity index (χ4v) is 0.776. The maximum absolute atomic E-state index is 12.2. The largest absolute Gasteiger partial charge is 0.296 e. The van der Waals surface area contributed by atoms with Crippen molar-refractivity contribution in [3.8, 4) is 0 Å². The zero-order valence-electron chi connectivity index (χ0n) is 4.99. The number of halogens is 2. The highest BCUT2D eigenvalue weighted by Crippen LogP contribution is 2.25. The van der Waals surface area contributed by atoms with Crippen molar-refractivity contribution in [2.45, 2.75) is 18.8 Å². The van der Waals surface area contributed by atoms with E-state index in [1.54, 1.807) is 5.32 Å². The predicted octanol–water partition coefficient (Wildman–Crippen LogP) is 0.0583. The van der Waals surface area contributed by atoms with Gasteiger partial charge in [0.05, 0.1) is 12.8 Å². The van der Waals surface area contributed by atoms with Crippen molar-refractivity contribution in [1.29, 1.82) is 0 Å². The third-order valence-corrected chi connectivity index (χ3v) is 1.12. The lowest BCUT2D eigenvalue weighted by molar-refractivity contribution is -0.146. The standard InChI is InChI=1S/C5H5F2NO2/c6-5(7)1-3(9)8-4(10)2-5/h1-2H2,(H,8,9,10). The van der Waals surface area contributed by atoms with E-state index in [0.29, 0.717) is 0 Å². The lowest BCUT2D eigenvalue weighted by atomic mass is 10.1. The van der Waals surface area contributed by atoms with Crippen LogP contribution in [0.25, 0.3) is 0 Å². The summed E-state index contributed by atoms with van der Waals surface area (Å²) in [7, 11) is 0. The van der Waals surface area contributed by atoms with Crippen LogP contribution in [0.3, 0.4) is 0 Å². The lowest BCUT2D eigenvalue weighted by Gasteiger charge is -2.19. The highest BCUT2D eigenvalue weighted by atomic mass is 19.3. The van der Waals surface area contributed by atoms with Gasteiger partial charge in [-0.25, -0.2) is 8.78 Å². The number of piperidine rings is 1. The average Bonchev–Trinajstić information content (AvgIpc) is 1.54. The van der Waals surface area contributed by atoms with Crippen LogP contribution in [0.1, 0.15) is 12.8 Å². The lowest BCUT2D eigenvalue weighted by Crippen LogP contribution is -2.44. The number of carbonyl (C=O) groups is 2. The van der Waals surface area contributed by atoms with Gasteiger partial charge < -0.3 is 0 Å². The van der Waals surface area contributed by atoms with E-state index >= 15 is 0 Å². The number of carbonyl (C=O) groups excluding carboxylic acids is 2. The molecule has 1 saturated heterocycles. The van der Waals surface area contributed by atoms with Gasteiger partial charge in [0.2, 0.25) is 11.8 Å². The van der Waals surface area contributed by atoms with Crippen molar-refractivity contribution in [3.05, 3.63) is 0 Å². The summed E-state index contributed by atoms with van der Waals surface area (Å²) in [5.41, 5.74) is 0. The molecule has 5 heteroatoms. The Morgan fingerprint density at radius 1 is 1.20 bits per heavy atom. The second-order valence-electron chi connectivity index (χ2n) is 2.18. The van der Waals surface area contributed by atoms with E-state index in [2.05, 4.69) is 0 Å². The van der Waals surface area contributed by atoms with Gasteiger partial charge in [0.15, 0.2) is 0 Å². The maximum Gasteiger partial charge on any atom is 0.265 e. The van der Waals surface area contributed by atoms with E-state index < -0.39 is 30.6 Å². The van der Waals surface area contributed by atoms with Crippen molar-refractivity contribution in [3.63, 3.8) is 0 Å². The van der Waals surface area contributed by atoms with Crippen LogP contribution in [-0.2, 0) is 9.59 Å². The highest BCUT2D eigenvalue weighted by molar-refractivity contribution is 5.98. The van der Waals surface area contributed by atoms with Gasteiger partial charge in [-0.05, 0) is 0 Å². The first-order valence-corrected chi connectivity index (χ1v) is 2.70. The molecule has 0 aromatic rings. The number of alkyl halides is 2. The van der Waals surface area contributed by atoms with Crippen LogP contribution in [0.5, 0.6) is 0 Å². The Kier molecular flexibility index (Phi) is 1.42. The molecule has 0 aliphatic carbocycles.